The van der Waals surface area contributed by atoms with Crippen LogP contribution < -0.4 is 15.5 Å². The van der Waals surface area contributed by atoms with E-state index in [1.807, 2.05) is 32.0 Å². The van der Waals surface area contributed by atoms with Gasteiger partial charge in [0, 0.05) is 37.0 Å². The number of ether oxygens (including phenoxy) is 1. The molecular formula is C23H25N3O5. The van der Waals surface area contributed by atoms with Crippen LogP contribution >= 0.6 is 0 Å². The van der Waals surface area contributed by atoms with Gasteiger partial charge in [0.15, 0.2) is 6.61 Å². The Morgan fingerprint density at radius 1 is 1.00 bits per heavy atom. The fourth-order valence-corrected chi connectivity index (χ4v) is 3.30. The minimum atomic E-state index is -0.612. The highest BCUT2D eigenvalue weighted by atomic mass is 16.5. The maximum Gasteiger partial charge on any atom is 0.311 e. The van der Waals surface area contributed by atoms with Gasteiger partial charge in [0.25, 0.3) is 5.91 Å². The molecule has 2 aromatic rings. The van der Waals surface area contributed by atoms with E-state index >= 15 is 0 Å². The highest BCUT2D eigenvalue weighted by Gasteiger charge is 2.36. The molecule has 2 N–H and O–H groups in total. The Kier molecular flexibility index (Phi) is 6.69. The van der Waals surface area contributed by atoms with Crippen LogP contribution in [-0.2, 0) is 23.9 Å². The van der Waals surface area contributed by atoms with Gasteiger partial charge in [0.2, 0.25) is 11.8 Å². The van der Waals surface area contributed by atoms with Crippen molar-refractivity contribution in [2.45, 2.75) is 27.2 Å². The first-order valence-corrected chi connectivity index (χ1v) is 9.94. The van der Waals surface area contributed by atoms with Gasteiger partial charge < -0.3 is 20.3 Å². The Bertz CT molecular complexity index is 1020. The molecule has 1 aliphatic heterocycles. The third-order valence-electron chi connectivity index (χ3n) is 5.10. The molecule has 162 valence electrons. The van der Waals surface area contributed by atoms with E-state index in [0.29, 0.717) is 11.4 Å². The molecule has 2 aromatic carbocycles. The van der Waals surface area contributed by atoms with Crippen LogP contribution in [0.4, 0.5) is 17.1 Å². The van der Waals surface area contributed by atoms with Crippen molar-refractivity contribution in [1.29, 1.82) is 0 Å². The normalized spacial score (nSPS) is 15.5. The zero-order valence-corrected chi connectivity index (χ0v) is 17.7. The van der Waals surface area contributed by atoms with Crippen molar-refractivity contribution in [3.05, 3.63) is 53.6 Å². The van der Waals surface area contributed by atoms with Gasteiger partial charge in [-0.05, 0) is 61.4 Å². The highest BCUT2D eigenvalue weighted by Crippen LogP contribution is 2.27. The van der Waals surface area contributed by atoms with Crippen LogP contribution in [0.1, 0.15) is 24.5 Å². The Morgan fingerprint density at radius 2 is 1.65 bits per heavy atom. The number of carbonyl (C=O) groups is 4. The Balaban J connectivity index is 1.50. The van der Waals surface area contributed by atoms with Crippen LogP contribution in [0.2, 0.25) is 0 Å². The minimum Gasteiger partial charge on any atom is -0.455 e. The Morgan fingerprint density at radius 3 is 2.26 bits per heavy atom. The summed E-state index contributed by atoms with van der Waals surface area (Å²) in [5.41, 5.74) is 4.06. The van der Waals surface area contributed by atoms with Crippen LogP contribution in [0.5, 0.6) is 0 Å². The smallest absolute Gasteiger partial charge is 0.311 e. The summed E-state index contributed by atoms with van der Waals surface area (Å²) in [6.07, 6.45) is 0.0536. The van der Waals surface area contributed by atoms with Crippen LogP contribution in [0, 0.1) is 19.8 Å². The van der Waals surface area contributed by atoms with Gasteiger partial charge in [0.05, 0.1) is 5.92 Å². The molecule has 1 aliphatic rings. The third-order valence-corrected chi connectivity index (χ3v) is 5.10. The van der Waals surface area contributed by atoms with Crippen LogP contribution in [0.15, 0.2) is 42.5 Å². The molecule has 8 nitrogen and oxygen atoms in total. The quantitative estimate of drug-likeness (QED) is 0.695. The fraction of sp³-hybridized carbons (Fsp3) is 0.304. The molecule has 0 unspecified atom stereocenters. The summed E-state index contributed by atoms with van der Waals surface area (Å²) in [5, 5.41) is 5.25. The molecule has 0 spiro atoms. The van der Waals surface area contributed by atoms with Crippen molar-refractivity contribution in [3.8, 4) is 0 Å². The molecule has 1 saturated heterocycles. The zero-order valence-electron chi connectivity index (χ0n) is 17.7. The number of anilines is 3. The van der Waals surface area contributed by atoms with Gasteiger partial charge in [-0.25, -0.2) is 0 Å². The van der Waals surface area contributed by atoms with Gasteiger partial charge in [-0.3, -0.25) is 19.2 Å². The van der Waals surface area contributed by atoms with Gasteiger partial charge >= 0.3 is 5.97 Å². The van der Waals surface area contributed by atoms with E-state index in [1.165, 1.54) is 6.92 Å². The molecule has 0 aliphatic carbocycles. The van der Waals surface area contributed by atoms with Crippen LogP contribution in [-0.4, -0.2) is 36.8 Å². The molecule has 3 amide bonds. The van der Waals surface area contributed by atoms with Gasteiger partial charge in [0.1, 0.15) is 0 Å². The maximum atomic E-state index is 12.4. The number of hydrogen-bond acceptors (Lipinski definition) is 5. The summed E-state index contributed by atoms with van der Waals surface area (Å²) < 4.78 is 5.12. The summed E-state index contributed by atoms with van der Waals surface area (Å²) in [6.45, 7) is 5.15. The van der Waals surface area contributed by atoms with E-state index in [4.69, 9.17) is 4.74 Å². The largest absolute Gasteiger partial charge is 0.455 e. The average molecular weight is 423 g/mol. The van der Waals surface area contributed by atoms with Crippen molar-refractivity contribution in [1.82, 2.24) is 0 Å². The standard InChI is InChI=1S/C23H25N3O5/c1-14-4-9-20(10-15(14)2)26-12-17(11-22(26)29)23(30)31-13-21(28)25-19-7-5-18(6-8-19)24-16(3)27/h4-10,17H,11-13H2,1-3H3,(H,24,27)(H,25,28)/t17-/m1/s1. The lowest BCUT2D eigenvalue weighted by Gasteiger charge is -2.17. The molecule has 31 heavy (non-hydrogen) atoms. The van der Waals surface area contributed by atoms with Gasteiger partial charge in [-0.15, -0.1) is 0 Å². The number of benzene rings is 2. The lowest BCUT2D eigenvalue weighted by molar-refractivity contribution is -0.151. The van der Waals surface area contributed by atoms with Crippen molar-refractivity contribution >= 4 is 40.8 Å². The second-order valence-corrected chi connectivity index (χ2v) is 7.59. The monoisotopic (exact) mass is 423 g/mol. The summed E-state index contributed by atoms with van der Waals surface area (Å²) in [4.78, 5) is 49.4. The number of nitrogens with zero attached hydrogens (tertiary/aromatic N) is 1. The van der Waals surface area contributed by atoms with E-state index in [0.717, 1.165) is 16.8 Å². The topological polar surface area (TPSA) is 105 Å². The molecule has 1 atom stereocenters. The molecule has 1 heterocycles. The number of esters is 1. The predicted octanol–water partition coefficient (Wildman–Crippen LogP) is 2.80. The predicted molar refractivity (Wildman–Crippen MR) is 117 cm³/mol. The van der Waals surface area contributed by atoms with E-state index in [1.54, 1.807) is 29.2 Å². The molecule has 0 saturated carbocycles. The molecule has 1 fully saturated rings. The van der Waals surface area contributed by atoms with Crippen LogP contribution in [0.25, 0.3) is 0 Å². The van der Waals surface area contributed by atoms with E-state index < -0.39 is 24.4 Å². The SMILES string of the molecule is CC(=O)Nc1ccc(NC(=O)COC(=O)[C@@H]2CC(=O)N(c3ccc(C)c(C)c3)C2)cc1. The van der Waals surface area contributed by atoms with Gasteiger partial charge in [-0.2, -0.15) is 0 Å². The number of hydrogen-bond donors (Lipinski definition) is 2. The molecule has 0 bridgehead atoms. The number of aryl methyl sites for hydroxylation is 2. The molecular weight excluding hydrogens is 398 g/mol. The van der Waals surface area contributed by atoms with Crippen molar-refractivity contribution in [2.75, 3.05) is 28.7 Å². The fourth-order valence-electron chi connectivity index (χ4n) is 3.30. The first kappa shape index (κ1) is 22.0. The third kappa shape index (κ3) is 5.69. The lowest BCUT2D eigenvalue weighted by atomic mass is 10.1. The number of carbonyl (C=O) groups excluding carboxylic acids is 4. The van der Waals surface area contributed by atoms with E-state index in [9.17, 15) is 19.2 Å². The zero-order chi connectivity index (χ0) is 22.5. The van der Waals surface area contributed by atoms with Gasteiger partial charge in [-0.1, -0.05) is 6.07 Å². The number of amides is 3. The maximum absolute atomic E-state index is 12.4. The molecule has 8 heteroatoms. The summed E-state index contributed by atoms with van der Waals surface area (Å²) >= 11 is 0. The van der Waals surface area contributed by atoms with Crippen molar-refractivity contribution in [3.63, 3.8) is 0 Å². The average Bonchev–Trinajstić information content (AvgIpc) is 3.11. The minimum absolute atomic E-state index is 0.0536. The number of nitrogens with one attached hydrogen (secondary N) is 2. The second-order valence-electron chi connectivity index (χ2n) is 7.59. The summed E-state index contributed by atoms with van der Waals surface area (Å²) in [5.74, 6) is -2.01. The molecule has 0 radical (unpaired) electrons. The molecule has 0 aromatic heterocycles. The second kappa shape index (κ2) is 9.42. The van der Waals surface area contributed by atoms with Crippen molar-refractivity contribution < 1.29 is 23.9 Å². The lowest BCUT2D eigenvalue weighted by Crippen LogP contribution is -2.28. The summed E-state index contributed by atoms with van der Waals surface area (Å²) in [6, 6.07) is 12.3. The van der Waals surface area contributed by atoms with Crippen molar-refractivity contribution in [2.24, 2.45) is 5.92 Å². The Hall–Kier alpha value is -3.68. The Labute approximate surface area is 180 Å². The molecule has 3 rings (SSSR count). The first-order valence-electron chi connectivity index (χ1n) is 9.94. The van der Waals surface area contributed by atoms with E-state index in [-0.39, 0.29) is 24.8 Å². The van der Waals surface area contributed by atoms with Crippen LogP contribution in [0.3, 0.4) is 0 Å². The summed E-state index contributed by atoms with van der Waals surface area (Å²) in [7, 11) is 0. The first-order chi connectivity index (χ1) is 14.7. The number of rotatable bonds is 6. The van der Waals surface area contributed by atoms with E-state index in [2.05, 4.69) is 10.6 Å². The highest BCUT2D eigenvalue weighted by molar-refractivity contribution is 6.00.